The normalized spacial score (nSPS) is 16.4. The molecule has 2 heterocycles. The van der Waals surface area contributed by atoms with Gasteiger partial charge in [0, 0.05) is 18.8 Å². The number of carbonyl (C=O) groups is 1. The van der Waals surface area contributed by atoms with Crippen molar-refractivity contribution in [3.63, 3.8) is 0 Å². The fourth-order valence-corrected chi connectivity index (χ4v) is 2.82. The van der Waals surface area contributed by atoms with E-state index in [4.69, 9.17) is 15.2 Å². The number of methoxy groups -OCH3 is 1. The topological polar surface area (TPSA) is 115 Å². The monoisotopic (exact) mass is 345 g/mol. The number of nitrogens with one attached hydrogen (secondary N) is 2. The van der Waals surface area contributed by atoms with Crippen LogP contribution < -0.4 is 15.8 Å². The van der Waals surface area contributed by atoms with Crippen molar-refractivity contribution in [3.05, 3.63) is 30.1 Å². The zero-order chi connectivity index (χ0) is 17.6. The first kappa shape index (κ1) is 17.4. The maximum Gasteiger partial charge on any atom is 0.237 e. The molecule has 1 aliphatic rings. The van der Waals surface area contributed by atoms with Crippen LogP contribution in [-0.2, 0) is 16.1 Å². The van der Waals surface area contributed by atoms with Crippen LogP contribution in [0.15, 0.2) is 24.3 Å². The van der Waals surface area contributed by atoms with Crippen molar-refractivity contribution in [1.82, 2.24) is 20.5 Å². The summed E-state index contributed by atoms with van der Waals surface area (Å²) >= 11 is 0. The summed E-state index contributed by atoms with van der Waals surface area (Å²) in [6, 6.07) is 6.93. The summed E-state index contributed by atoms with van der Waals surface area (Å²) in [6.07, 6.45) is 1.64. The van der Waals surface area contributed by atoms with Gasteiger partial charge in [0.25, 0.3) is 0 Å². The predicted octanol–water partition coefficient (Wildman–Crippen LogP) is 0.850. The first-order valence-corrected chi connectivity index (χ1v) is 8.34. The van der Waals surface area contributed by atoms with Crippen molar-refractivity contribution >= 4 is 5.91 Å². The quantitative estimate of drug-likeness (QED) is 0.715. The van der Waals surface area contributed by atoms with Gasteiger partial charge in [-0.25, -0.2) is 4.98 Å². The molecule has 1 aromatic carbocycles. The van der Waals surface area contributed by atoms with Crippen LogP contribution in [0.5, 0.6) is 5.75 Å². The second-order valence-corrected chi connectivity index (χ2v) is 6.03. The highest BCUT2D eigenvalue weighted by atomic mass is 16.5. The molecule has 1 atom stereocenters. The molecular formula is C17H23N5O3. The van der Waals surface area contributed by atoms with Crippen LogP contribution >= 0.6 is 0 Å². The number of ether oxygens (including phenoxy) is 2. The van der Waals surface area contributed by atoms with E-state index in [2.05, 4.69) is 20.5 Å². The summed E-state index contributed by atoms with van der Waals surface area (Å²) in [6.45, 7) is 1.59. The van der Waals surface area contributed by atoms with Gasteiger partial charge in [-0.3, -0.25) is 9.89 Å². The molecular weight excluding hydrogens is 322 g/mol. The average molecular weight is 345 g/mol. The van der Waals surface area contributed by atoms with Gasteiger partial charge in [-0.1, -0.05) is 0 Å². The minimum absolute atomic E-state index is 0.165. The number of amides is 1. The van der Waals surface area contributed by atoms with Crippen molar-refractivity contribution < 1.29 is 14.3 Å². The van der Waals surface area contributed by atoms with E-state index < -0.39 is 6.04 Å². The molecule has 0 aliphatic carbocycles. The van der Waals surface area contributed by atoms with Crippen LogP contribution in [0.3, 0.4) is 0 Å². The number of benzene rings is 1. The van der Waals surface area contributed by atoms with E-state index in [0.29, 0.717) is 24.9 Å². The Morgan fingerprint density at radius 3 is 2.80 bits per heavy atom. The highest BCUT2D eigenvalue weighted by molar-refractivity contribution is 5.81. The molecule has 1 saturated heterocycles. The first-order valence-electron chi connectivity index (χ1n) is 8.34. The van der Waals surface area contributed by atoms with E-state index >= 15 is 0 Å². The molecule has 8 nitrogen and oxygen atoms in total. The molecule has 1 aromatic heterocycles. The lowest BCUT2D eigenvalue weighted by atomic mass is 9.92. The molecule has 1 amide bonds. The molecule has 1 fully saturated rings. The van der Waals surface area contributed by atoms with Crippen LogP contribution in [0.25, 0.3) is 11.4 Å². The lowest BCUT2D eigenvalue weighted by molar-refractivity contribution is -0.124. The Hall–Kier alpha value is -2.45. The fourth-order valence-electron chi connectivity index (χ4n) is 2.82. The predicted molar refractivity (Wildman–Crippen MR) is 91.7 cm³/mol. The van der Waals surface area contributed by atoms with E-state index in [1.165, 1.54) is 0 Å². The Labute approximate surface area is 146 Å². The highest BCUT2D eigenvalue weighted by Gasteiger charge is 2.26. The van der Waals surface area contributed by atoms with Crippen LogP contribution in [0.1, 0.15) is 18.7 Å². The van der Waals surface area contributed by atoms with Crippen LogP contribution in [-0.4, -0.2) is 47.5 Å². The second-order valence-electron chi connectivity index (χ2n) is 6.03. The maximum absolute atomic E-state index is 12.2. The lowest BCUT2D eigenvalue weighted by Crippen LogP contribution is -2.46. The summed E-state index contributed by atoms with van der Waals surface area (Å²) in [7, 11) is 1.62. The Kier molecular flexibility index (Phi) is 5.62. The molecule has 1 unspecified atom stereocenters. The van der Waals surface area contributed by atoms with Crippen molar-refractivity contribution in [2.24, 2.45) is 11.7 Å². The van der Waals surface area contributed by atoms with E-state index in [9.17, 15) is 4.79 Å². The van der Waals surface area contributed by atoms with Crippen molar-refractivity contribution in [1.29, 1.82) is 0 Å². The minimum atomic E-state index is -0.520. The van der Waals surface area contributed by atoms with Crippen molar-refractivity contribution in [3.8, 4) is 17.1 Å². The van der Waals surface area contributed by atoms with E-state index in [1.807, 2.05) is 24.3 Å². The maximum atomic E-state index is 12.2. The number of H-pyrrole nitrogens is 1. The highest BCUT2D eigenvalue weighted by Crippen LogP contribution is 2.19. The fraction of sp³-hybridized carbons (Fsp3) is 0.471. The van der Waals surface area contributed by atoms with Crippen LogP contribution in [0.2, 0.25) is 0 Å². The number of hydrogen-bond acceptors (Lipinski definition) is 6. The first-order chi connectivity index (χ1) is 12.2. The van der Waals surface area contributed by atoms with Gasteiger partial charge in [-0.15, -0.1) is 0 Å². The molecule has 0 bridgehead atoms. The van der Waals surface area contributed by atoms with Crippen molar-refractivity contribution in [2.45, 2.75) is 25.4 Å². The second kappa shape index (κ2) is 8.09. The average Bonchev–Trinajstić information content (AvgIpc) is 3.15. The Morgan fingerprint density at radius 1 is 1.40 bits per heavy atom. The van der Waals surface area contributed by atoms with Gasteiger partial charge in [0.2, 0.25) is 5.91 Å². The summed E-state index contributed by atoms with van der Waals surface area (Å²) in [5.41, 5.74) is 6.92. The molecule has 0 radical (unpaired) electrons. The third-order valence-electron chi connectivity index (χ3n) is 4.39. The van der Waals surface area contributed by atoms with Gasteiger partial charge in [0.05, 0.1) is 19.7 Å². The molecule has 8 heteroatoms. The van der Waals surface area contributed by atoms with Gasteiger partial charge in [0.1, 0.15) is 11.6 Å². The summed E-state index contributed by atoms with van der Waals surface area (Å²) < 4.78 is 10.4. The lowest BCUT2D eigenvalue weighted by Gasteiger charge is -2.26. The Balaban J connectivity index is 1.54. The molecule has 4 N–H and O–H groups in total. The molecule has 3 rings (SSSR count). The molecule has 134 valence electrons. The summed E-state index contributed by atoms with van der Waals surface area (Å²) in [4.78, 5) is 16.6. The van der Waals surface area contributed by atoms with Crippen LogP contribution in [0, 0.1) is 5.92 Å². The largest absolute Gasteiger partial charge is 0.497 e. The van der Waals surface area contributed by atoms with Gasteiger partial charge in [-0.05, 0) is 43.0 Å². The number of carbonyl (C=O) groups excluding carboxylic acids is 1. The number of aromatic amines is 1. The third kappa shape index (κ3) is 4.34. The van der Waals surface area contributed by atoms with E-state index in [-0.39, 0.29) is 18.4 Å². The Morgan fingerprint density at radius 2 is 2.12 bits per heavy atom. The standard InChI is InChI=1S/C17H23N5O3/c1-24-13-4-2-12(3-5-13)16-20-14(21-22-16)10-19-17(23)15(18)11-6-8-25-9-7-11/h2-5,11,15H,6-10,18H2,1H3,(H,19,23)(H,20,21,22). The van der Waals surface area contributed by atoms with E-state index in [1.54, 1.807) is 7.11 Å². The number of nitrogens with zero attached hydrogens (tertiary/aromatic N) is 2. The molecule has 0 saturated carbocycles. The summed E-state index contributed by atoms with van der Waals surface area (Å²) in [5, 5.41) is 9.84. The van der Waals surface area contributed by atoms with Gasteiger partial charge in [0.15, 0.2) is 5.82 Å². The van der Waals surface area contributed by atoms with Crippen LogP contribution in [0.4, 0.5) is 0 Å². The van der Waals surface area contributed by atoms with Gasteiger partial charge < -0.3 is 20.5 Å². The molecule has 2 aromatic rings. The van der Waals surface area contributed by atoms with Gasteiger partial charge in [-0.2, -0.15) is 5.10 Å². The smallest absolute Gasteiger partial charge is 0.237 e. The third-order valence-corrected chi connectivity index (χ3v) is 4.39. The molecule has 0 spiro atoms. The number of nitrogens with two attached hydrogens (primary N) is 1. The number of aromatic nitrogens is 3. The molecule has 25 heavy (non-hydrogen) atoms. The van der Waals surface area contributed by atoms with Crippen molar-refractivity contribution in [2.75, 3.05) is 20.3 Å². The van der Waals surface area contributed by atoms with E-state index in [0.717, 1.165) is 24.2 Å². The zero-order valence-corrected chi connectivity index (χ0v) is 14.2. The minimum Gasteiger partial charge on any atom is -0.497 e. The number of hydrogen-bond donors (Lipinski definition) is 3. The molecule has 1 aliphatic heterocycles. The summed E-state index contributed by atoms with van der Waals surface area (Å²) in [5.74, 6) is 1.92. The SMILES string of the molecule is COc1ccc(-c2n[nH]c(CNC(=O)C(N)C3CCOCC3)n2)cc1. The number of rotatable bonds is 6. The Bertz CT molecular complexity index is 695. The zero-order valence-electron chi connectivity index (χ0n) is 14.2. The van der Waals surface area contributed by atoms with Gasteiger partial charge >= 0.3 is 0 Å².